The van der Waals surface area contributed by atoms with Crippen molar-refractivity contribution in [3.05, 3.63) is 29.3 Å². The fourth-order valence-corrected chi connectivity index (χ4v) is 6.88. The van der Waals surface area contributed by atoms with Crippen molar-refractivity contribution in [3.8, 4) is 5.75 Å². The zero-order chi connectivity index (χ0) is 19.0. The molecular weight excluding hydrogens is 407 g/mol. The molecule has 1 aromatic rings. The molecule has 3 aliphatic rings. The van der Waals surface area contributed by atoms with E-state index in [1.807, 2.05) is 12.1 Å². The van der Waals surface area contributed by atoms with Crippen molar-refractivity contribution < 1.29 is 14.3 Å². The van der Waals surface area contributed by atoms with Gasteiger partial charge in [-0.1, -0.05) is 41.3 Å². The van der Waals surface area contributed by atoms with E-state index in [9.17, 15) is 9.90 Å². The van der Waals surface area contributed by atoms with Gasteiger partial charge in [0.1, 0.15) is 17.7 Å². The number of aryl methyl sites for hydroxylation is 1. The van der Waals surface area contributed by atoms with Crippen LogP contribution in [0.25, 0.3) is 0 Å². The number of fused-ring (bicyclic) bond motifs is 5. The number of ketones is 1. The number of hydrogen-bond donors (Lipinski definition) is 1. The van der Waals surface area contributed by atoms with E-state index in [1.54, 1.807) is 6.07 Å². The lowest BCUT2D eigenvalue weighted by Crippen LogP contribution is -2.49. The molecule has 2 fully saturated rings. The average molecular weight is 437 g/mol. The number of rotatable bonds is 6. The largest absolute Gasteiger partial charge is 0.508 e. The summed E-state index contributed by atoms with van der Waals surface area (Å²) >= 11 is 3.48. The van der Waals surface area contributed by atoms with Crippen molar-refractivity contribution in [2.24, 2.45) is 17.3 Å². The van der Waals surface area contributed by atoms with E-state index in [2.05, 4.69) is 15.9 Å². The molecule has 0 heterocycles. The predicted octanol–water partition coefficient (Wildman–Crippen LogP) is 6.09. The summed E-state index contributed by atoms with van der Waals surface area (Å²) in [6.07, 6.45) is 8.32. The highest BCUT2D eigenvalue weighted by Crippen LogP contribution is 2.62. The van der Waals surface area contributed by atoms with Crippen LogP contribution in [0.5, 0.6) is 5.75 Å². The number of phenolic OH excluding ortho intramolecular Hbond substituents is 1. The van der Waals surface area contributed by atoms with E-state index in [0.29, 0.717) is 24.5 Å². The first kappa shape index (κ1) is 19.4. The summed E-state index contributed by atoms with van der Waals surface area (Å²) in [5.41, 5.74) is 1.79. The van der Waals surface area contributed by atoms with E-state index in [0.717, 1.165) is 55.0 Å². The lowest BCUT2D eigenvalue weighted by Gasteiger charge is -2.51. The number of halogens is 2. The van der Waals surface area contributed by atoms with Crippen LogP contribution in [0.15, 0.2) is 18.2 Å². The molecule has 0 aliphatic heterocycles. The third kappa shape index (κ3) is 3.36. The molecule has 3 aliphatic carbocycles. The molecular formula is C23H30BrFO2. The highest BCUT2D eigenvalue weighted by molar-refractivity contribution is 9.09. The molecule has 0 saturated heterocycles. The molecule has 2 nitrogen and oxygen atoms in total. The van der Waals surface area contributed by atoms with Gasteiger partial charge in [-0.15, -0.1) is 0 Å². The normalized spacial score (nSPS) is 34.8. The van der Waals surface area contributed by atoms with Crippen molar-refractivity contribution >= 4 is 21.7 Å². The molecule has 0 unspecified atom stereocenters. The number of unbranched alkanes of at least 4 members (excludes halogenated alkanes) is 3. The zero-order valence-electron chi connectivity index (χ0n) is 15.9. The van der Waals surface area contributed by atoms with Crippen LogP contribution in [0.3, 0.4) is 0 Å². The first-order valence-corrected chi connectivity index (χ1v) is 11.7. The Labute approximate surface area is 170 Å². The number of phenols is 1. The van der Waals surface area contributed by atoms with Gasteiger partial charge in [-0.05, 0) is 73.6 Å². The van der Waals surface area contributed by atoms with Crippen molar-refractivity contribution in [2.75, 3.05) is 5.33 Å². The van der Waals surface area contributed by atoms with Crippen LogP contribution in [0.1, 0.15) is 74.8 Å². The number of benzene rings is 1. The molecule has 0 spiro atoms. The van der Waals surface area contributed by atoms with Gasteiger partial charge < -0.3 is 5.11 Å². The Balaban J connectivity index is 1.57. The van der Waals surface area contributed by atoms with Crippen molar-refractivity contribution in [1.29, 1.82) is 0 Å². The van der Waals surface area contributed by atoms with Gasteiger partial charge in [0.05, 0.1) is 0 Å². The number of aromatic hydroxyl groups is 1. The minimum absolute atomic E-state index is 0.0910. The van der Waals surface area contributed by atoms with Crippen LogP contribution in [0.2, 0.25) is 0 Å². The van der Waals surface area contributed by atoms with Gasteiger partial charge in [-0.2, -0.15) is 0 Å². The fraction of sp³-hybridized carbons (Fsp3) is 0.696. The van der Waals surface area contributed by atoms with Gasteiger partial charge >= 0.3 is 0 Å². The average Bonchev–Trinajstić information content (AvgIpc) is 2.97. The molecule has 0 aromatic heterocycles. The van der Waals surface area contributed by atoms with Crippen LogP contribution in [0, 0.1) is 17.3 Å². The van der Waals surface area contributed by atoms with Gasteiger partial charge in [-0.3, -0.25) is 4.79 Å². The molecule has 1 N–H and O–H groups in total. The van der Waals surface area contributed by atoms with Crippen LogP contribution >= 0.6 is 15.9 Å². The number of carbonyl (C=O) groups excluding carboxylic acids is 1. The lowest BCUT2D eigenvalue weighted by atomic mass is 9.53. The number of alkyl halides is 2. The van der Waals surface area contributed by atoms with Crippen molar-refractivity contribution in [1.82, 2.24) is 0 Å². The van der Waals surface area contributed by atoms with Gasteiger partial charge in [0, 0.05) is 23.1 Å². The van der Waals surface area contributed by atoms with Crippen LogP contribution in [-0.2, 0) is 11.2 Å². The minimum atomic E-state index is -0.945. The Kier molecular flexibility index (Phi) is 5.64. The summed E-state index contributed by atoms with van der Waals surface area (Å²) in [4.78, 5) is 13.0. The van der Waals surface area contributed by atoms with Crippen molar-refractivity contribution in [2.45, 2.75) is 76.3 Å². The second-order valence-electron chi connectivity index (χ2n) is 8.91. The quantitative estimate of drug-likeness (QED) is 0.432. The molecule has 4 rings (SSSR count). The topological polar surface area (TPSA) is 37.3 Å². The maximum Gasteiger partial charge on any atom is 0.139 e. The Morgan fingerprint density at radius 1 is 1.15 bits per heavy atom. The van der Waals surface area contributed by atoms with E-state index in [4.69, 9.17) is 0 Å². The highest BCUT2D eigenvalue weighted by Gasteiger charge is 2.59. The number of carbonyl (C=O) groups is 1. The maximum atomic E-state index is 15.6. The Bertz CT molecular complexity index is 706. The number of Topliss-reactive ketones (excluding diaryl/α,β-unsaturated/α-hetero) is 1. The van der Waals surface area contributed by atoms with E-state index in [-0.39, 0.29) is 17.6 Å². The first-order valence-electron chi connectivity index (χ1n) is 10.6. The summed E-state index contributed by atoms with van der Waals surface area (Å²) in [5.74, 6) is 1.14. The second kappa shape index (κ2) is 7.85. The van der Waals surface area contributed by atoms with E-state index in [1.165, 1.54) is 12.8 Å². The monoisotopic (exact) mass is 436 g/mol. The summed E-state index contributed by atoms with van der Waals surface area (Å²) < 4.78 is 15.6. The van der Waals surface area contributed by atoms with Crippen LogP contribution in [0.4, 0.5) is 4.39 Å². The zero-order valence-corrected chi connectivity index (χ0v) is 17.5. The minimum Gasteiger partial charge on any atom is -0.508 e. The molecule has 5 atom stereocenters. The van der Waals surface area contributed by atoms with Gasteiger partial charge in [0.25, 0.3) is 0 Å². The smallest absolute Gasteiger partial charge is 0.139 e. The highest BCUT2D eigenvalue weighted by atomic mass is 79.9. The molecule has 0 bridgehead atoms. The molecule has 0 radical (unpaired) electrons. The van der Waals surface area contributed by atoms with Gasteiger partial charge in [0.15, 0.2) is 0 Å². The Morgan fingerprint density at radius 2 is 1.96 bits per heavy atom. The summed E-state index contributed by atoms with van der Waals surface area (Å²) in [6, 6.07) is 5.43. The fourth-order valence-electron chi connectivity index (χ4n) is 6.48. The molecule has 148 valence electrons. The molecule has 2 saturated carbocycles. The predicted molar refractivity (Wildman–Crippen MR) is 109 cm³/mol. The molecule has 27 heavy (non-hydrogen) atoms. The second-order valence-corrected chi connectivity index (χ2v) is 9.70. The maximum absolute atomic E-state index is 15.6. The SMILES string of the molecule is O=C1CC[C@H]2[C@@H]3CCc4cc(O)ccc4[C@H]3[C@@H](F)C[C@]12CCCCCCBr. The van der Waals surface area contributed by atoms with Gasteiger partial charge in [0.2, 0.25) is 0 Å². The van der Waals surface area contributed by atoms with E-state index >= 15 is 4.39 Å². The van der Waals surface area contributed by atoms with Crippen molar-refractivity contribution in [3.63, 3.8) is 0 Å². The Morgan fingerprint density at radius 3 is 2.78 bits per heavy atom. The third-order valence-electron chi connectivity index (χ3n) is 7.61. The standard InChI is InChI=1S/C23H30BrFO2/c24-12-4-2-1-3-11-23-14-20(25)22-17-8-6-16(26)13-15(17)5-7-18(22)19(23)9-10-21(23)27/h6,8,13,18-20,22,26H,1-5,7,9-12,14H2/t18-,19-,20-,22+,23-/m0/s1. The summed E-state index contributed by atoms with van der Waals surface area (Å²) in [6.45, 7) is 0. The number of hydrogen-bond acceptors (Lipinski definition) is 2. The summed E-state index contributed by atoms with van der Waals surface area (Å²) in [5, 5.41) is 10.8. The van der Waals surface area contributed by atoms with Gasteiger partial charge in [-0.25, -0.2) is 4.39 Å². The Hall–Kier alpha value is -0.900. The molecule has 1 aromatic carbocycles. The molecule has 4 heteroatoms. The molecule has 0 amide bonds. The first-order chi connectivity index (χ1) is 13.1. The summed E-state index contributed by atoms with van der Waals surface area (Å²) in [7, 11) is 0. The lowest BCUT2D eigenvalue weighted by molar-refractivity contribution is -0.134. The van der Waals surface area contributed by atoms with E-state index < -0.39 is 11.6 Å². The van der Waals surface area contributed by atoms with Crippen LogP contribution < -0.4 is 0 Å². The van der Waals surface area contributed by atoms with Crippen LogP contribution in [-0.4, -0.2) is 22.4 Å². The third-order valence-corrected chi connectivity index (χ3v) is 8.17.